The Hall–Kier alpha value is -1.06. The largest absolute Gasteiger partial charge is 0.472 e. The Bertz CT molecular complexity index is 491. The second-order valence-corrected chi connectivity index (χ2v) is 4.29. The fraction of sp³-hybridized carbons (Fsp3) is 0. The molecule has 0 fully saturated rings. The van der Waals surface area contributed by atoms with Gasteiger partial charge in [0, 0.05) is 10.0 Å². The van der Waals surface area contributed by atoms with E-state index in [2.05, 4.69) is 15.9 Å². The summed E-state index contributed by atoms with van der Waals surface area (Å²) in [5.74, 6) is -0.143. The van der Waals surface area contributed by atoms with Crippen molar-refractivity contribution in [2.45, 2.75) is 0 Å². The molecule has 0 saturated carbocycles. The number of carbonyl (C=O) groups is 1. The summed E-state index contributed by atoms with van der Waals surface area (Å²) in [5.41, 5.74) is 0.961. The van der Waals surface area contributed by atoms with Crippen LogP contribution in [0, 0.1) is 0 Å². The Morgan fingerprint density at radius 2 is 2.13 bits per heavy atom. The SMILES string of the molecule is O=C(c1ccoc1)c1cc(Br)ccc1Cl. The van der Waals surface area contributed by atoms with E-state index in [1.165, 1.54) is 12.5 Å². The summed E-state index contributed by atoms with van der Waals surface area (Å²) in [5, 5.41) is 0.435. The first-order valence-corrected chi connectivity index (χ1v) is 5.37. The molecule has 0 radical (unpaired) electrons. The maximum atomic E-state index is 11.9. The van der Waals surface area contributed by atoms with Gasteiger partial charge in [-0.3, -0.25) is 4.79 Å². The van der Waals surface area contributed by atoms with Crippen molar-refractivity contribution < 1.29 is 9.21 Å². The van der Waals surface area contributed by atoms with Crippen LogP contribution < -0.4 is 0 Å². The van der Waals surface area contributed by atoms with Crippen LogP contribution in [-0.4, -0.2) is 5.78 Å². The molecule has 1 heterocycles. The molecule has 76 valence electrons. The van der Waals surface area contributed by atoms with Crippen molar-refractivity contribution in [3.8, 4) is 0 Å². The molecule has 2 nitrogen and oxygen atoms in total. The van der Waals surface area contributed by atoms with Gasteiger partial charge in [0.1, 0.15) is 6.26 Å². The molecule has 2 aromatic rings. The normalized spacial score (nSPS) is 10.3. The first-order valence-electron chi connectivity index (χ1n) is 4.20. The predicted molar refractivity (Wildman–Crippen MR) is 61.3 cm³/mol. The predicted octanol–water partition coefficient (Wildman–Crippen LogP) is 3.93. The van der Waals surface area contributed by atoms with Gasteiger partial charge in [0.15, 0.2) is 5.78 Å². The molecule has 4 heteroatoms. The summed E-state index contributed by atoms with van der Waals surface area (Å²) in [6.07, 6.45) is 2.86. The quantitative estimate of drug-likeness (QED) is 0.783. The molecule has 0 aliphatic rings. The lowest BCUT2D eigenvalue weighted by Crippen LogP contribution is -2.00. The third-order valence-electron chi connectivity index (χ3n) is 1.96. The van der Waals surface area contributed by atoms with Crippen LogP contribution in [0.1, 0.15) is 15.9 Å². The Labute approximate surface area is 100.0 Å². The maximum Gasteiger partial charge on any atom is 0.197 e. The lowest BCUT2D eigenvalue weighted by molar-refractivity contribution is 0.103. The number of rotatable bonds is 2. The van der Waals surface area contributed by atoms with E-state index in [4.69, 9.17) is 16.0 Å². The molecule has 1 aromatic heterocycles. The van der Waals surface area contributed by atoms with Crippen LogP contribution in [0.2, 0.25) is 5.02 Å². The molecular weight excluding hydrogens is 279 g/mol. The van der Waals surface area contributed by atoms with Crippen molar-refractivity contribution in [3.05, 3.63) is 57.4 Å². The standard InChI is InChI=1S/C11H6BrClO2/c12-8-1-2-10(13)9(5-8)11(14)7-3-4-15-6-7/h1-6H. The van der Waals surface area contributed by atoms with Crippen molar-refractivity contribution >= 4 is 33.3 Å². The summed E-state index contributed by atoms with van der Waals surface area (Å²) in [6, 6.07) is 6.77. The van der Waals surface area contributed by atoms with Crippen molar-refractivity contribution in [3.63, 3.8) is 0 Å². The molecule has 2 rings (SSSR count). The van der Waals surface area contributed by atoms with E-state index in [1.54, 1.807) is 24.3 Å². The van der Waals surface area contributed by atoms with E-state index in [0.29, 0.717) is 16.1 Å². The molecule has 0 unspecified atom stereocenters. The first kappa shape index (κ1) is 10.5. The molecule has 0 amide bonds. The molecular formula is C11H6BrClO2. The highest BCUT2D eigenvalue weighted by atomic mass is 79.9. The van der Waals surface area contributed by atoms with E-state index in [0.717, 1.165) is 4.47 Å². The number of halogens is 2. The molecule has 0 N–H and O–H groups in total. The van der Waals surface area contributed by atoms with Crippen molar-refractivity contribution in [2.75, 3.05) is 0 Å². The minimum absolute atomic E-state index is 0.143. The molecule has 0 aliphatic carbocycles. The third kappa shape index (κ3) is 2.13. The van der Waals surface area contributed by atoms with Crippen LogP contribution in [0.3, 0.4) is 0 Å². The van der Waals surface area contributed by atoms with Gasteiger partial charge in [0.2, 0.25) is 0 Å². The average Bonchev–Trinajstić information content (AvgIpc) is 2.74. The van der Waals surface area contributed by atoms with E-state index in [9.17, 15) is 4.79 Å². The van der Waals surface area contributed by atoms with Crippen molar-refractivity contribution in [1.82, 2.24) is 0 Å². The van der Waals surface area contributed by atoms with Crippen molar-refractivity contribution in [1.29, 1.82) is 0 Å². The number of ketones is 1. The zero-order chi connectivity index (χ0) is 10.8. The number of benzene rings is 1. The van der Waals surface area contributed by atoms with Crippen LogP contribution >= 0.6 is 27.5 Å². The monoisotopic (exact) mass is 284 g/mol. The van der Waals surface area contributed by atoms with E-state index in [-0.39, 0.29) is 5.78 Å². The minimum Gasteiger partial charge on any atom is -0.472 e. The van der Waals surface area contributed by atoms with Gasteiger partial charge in [0.05, 0.1) is 16.8 Å². The lowest BCUT2D eigenvalue weighted by atomic mass is 10.1. The Morgan fingerprint density at radius 3 is 2.80 bits per heavy atom. The van der Waals surface area contributed by atoms with Gasteiger partial charge in [0.25, 0.3) is 0 Å². The lowest BCUT2D eigenvalue weighted by Gasteiger charge is -2.01. The maximum absolute atomic E-state index is 11.9. The van der Waals surface area contributed by atoms with Gasteiger partial charge >= 0.3 is 0 Å². The Balaban J connectivity index is 2.46. The number of furan rings is 1. The second kappa shape index (κ2) is 4.21. The fourth-order valence-electron chi connectivity index (χ4n) is 1.22. The number of carbonyl (C=O) groups excluding carboxylic acids is 1. The molecule has 0 atom stereocenters. The van der Waals surface area contributed by atoms with E-state index < -0.39 is 0 Å². The fourth-order valence-corrected chi connectivity index (χ4v) is 1.79. The minimum atomic E-state index is -0.143. The number of hydrogen-bond donors (Lipinski definition) is 0. The van der Waals surface area contributed by atoms with Gasteiger partial charge < -0.3 is 4.42 Å². The van der Waals surface area contributed by atoms with Crippen LogP contribution in [0.4, 0.5) is 0 Å². The van der Waals surface area contributed by atoms with E-state index >= 15 is 0 Å². The first-order chi connectivity index (χ1) is 7.18. The second-order valence-electron chi connectivity index (χ2n) is 2.97. The smallest absolute Gasteiger partial charge is 0.197 e. The van der Waals surface area contributed by atoms with Gasteiger partial charge in [-0.1, -0.05) is 27.5 Å². The third-order valence-corrected chi connectivity index (χ3v) is 2.78. The molecule has 0 spiro atoms. The molecule has 0 aliphatic heterocycles. The molecule has 0 bridgehead atoms. The summed E-state index contributed by atoms with van der Waals surface area (Å²) >= 11 is 9.23. The average molecular weight is 286 g/mol. The summed E-state index contributed by atoms with van der Waals surface area (Å²) in [7, 11) is 0. The van der Waals surface area contributed by atoms with Gasteiger partial charge in [-0.05, 0) is 24.3 Å². The molecule has 0 saturated heterocycles. The highest BCUT2D eigenvalue weighted by Crippen LogP contribution is 2.23. The molecule has 1 aromatic carbocycles. The van der Waals surface area contributed by atoms with Crippen LogP contribution in [0.15, 0.2) is 45.7 Å². The Kier molecular flexibility index (Phi) is 2.93. The Morgan fingerprint density at radius 1 is 1.33 bits per heavy atom. The van der Waals surface area contributed by atoms with Crippen LogP contribution in [-0.2, 0) is 0 Å². The summed E-state index contributed by atoms with van der Waals surface area (Å²) < 4.78 is 5.67. The van der Waals surface area contributed by atoms with Crippen molar-refractivity contribution in [2.24, 2.45) is 0 Å². The van der Waals surface area contributed by atoms with E-state index in [1.807, 2.05) is 0 Å². The summed E-state index contributed by atoms with van der Waals surface area (Å²) in [6.45, 7) is 0. The topological polar surface area (TPSA) is 30.2 Å². The van der Waals surface area contributed by atoms with Crippen LogP contribution in [0.25, 0.3) is 0 Å². The highest BCUT2D eigenvalue weighted by molar-refractivity contribution is 9.10. The van der Waals surface area contributed by atoms with Crippen LogP contribution in [0.5, 0.6) is 0 Å². The van der Waals surface area contributed by atoms with Gasteiger partial charge in [-0.25, -0.2) is 0 Å². The summed E-state index contributed by atoms with van der Waals surface area (Å²) in [4.78, 5) is 11.9. The van der Waals surface area contributed by atoms with Gasteiger partial charge in [-0.2, -0.15) is 0 Å². The zero-order valence-electron chi connectivity index (χ0n) is 7.54. The highest BCUT2D eigenvalue weighted by Gasteiger charge is 2.13. The zero-order valence-corrected chi connectivity index (χ0v) is 9.88. The van der Waals surface area contributed by atoms with Gasteiger partial charge in [-0.15, -0.1) is 0 Å². The number of hydrogen-bond acceptors (Lipinski definition) is 2. The molecule has 15 heavy (non-hydrogen) atoms.